The molecular weight excluding hydrogens is 319 g/mol. The van der Waals surface area contributed by atoms with E-state index in [0.717, 1.165) is 12.8 Å². The van der Waals surface area contributed by atoms with Gasteiger partial charge in [-0.25, -0.2) is 4.39 Å². The third-order valence-electron chi connectivity index (χ3n) is 3.81. The molecule has 2 N–H and O–H groups in total. The van der Waals surface area contributed by atoms with Gasteiger partial charge in [-0.1, -0.05) is 38.8 Å². The minimum Gasteiger partial charge on any atom is -0.326 e. The van der Waals surface area contributed by atoms with Gasteiger partial charge in [0.05, 0.1) is 0 Å². The monoisotopic (exact) mass is 342 g/mol. The van der Waals surface area contributed by atoms with Crippen LogP contribution in [-0.2, 0) is 4.79 Å². The quantitative estimate of drug-likeness (QED) is 0.756. The first-order chi connectivity index (χ1) is 12.0. The molecule has 4 nitrogen and oxygen atoms in total. The van der Waals surface area contributed by atoms with Crippen molar-refractivity contribution in [1.82, 2.24) is 0 Å². The van der Waals surface area contributed by atoms with Crippen LogP contribution in [0.15, 0.2) is 48.5 Å². The van der Waals surface area contributed by atoms with E-state index in [9.17, 15) is 14.0 Å². The van der Waals surface area contributed by atoms with Gasteiger partial charge in [0.1, 0.15) is 5.82 Å². The molecule has 1 atom stereocenters. The molecule has 2 aromatic carbocycles. The lowest BCUT2D eigenvalue weighted by molar-refractivity contribution is -0.117. The summed E-state index contributed by atoms with van der Waals surface area (Å²) >= 11 is 0. The van der Waals surface area contributed by atoms with Crippen molar-refractivity contribution in [3.05, 3.63) is 59.9 Å². The topological polar surface area (TPSA) is 58.2 Å². The zero-order valence-corrected chi connectivity index (χ0v) is 14.5. The zero-order valence-electron chi connectivity index (χ0n) is 14.5. The van der Waals surface area contributed by atoms with Gasteiger partial charge >= 0.3 is 0 Å². The standard InChI is InChI=1S/C20H23FN2O2/c1-3-6-14(2)11-19(24)22-17-9-4-7-15(12-17)20(25)23-18-10-5-8-16(21)13-18/h4-5,7-10,12-14H,3,6,11H2,1-2H3,(H,22,24)(H,23,25). The van der Waals surface area contributed by atoms with Crippen LogP contribution < -0.4 is 10.6 Å². The Morgan fingerprint density at radius 2 is 1.72 bits per heavy atom. The highest BCUT2D eigenvalue weighted by molar-refractivity contribution is 6.05. The molecule has 0 aliphatic carbocycles. The van der Waals surface area contributed by atoms with Crippen molar-refractivity contribution in [3.63, 3.8) is 0 Å². The minimum absolute atomic E-state index is 0.0661. The molecule has 0 saturated heterocycles. The van der Waals surface area contributed by atoms with Crippen LogP contribution in [0.2, 0.25) is 0 Å². The van der Waals surface area contributed by atoms with Crippen molar-refractivity contribution in [3.8, 4) is 0 Å². The summed E-state index contributed by atoms with van der Waals surface area (Å²) in [6.07, 6.45) is 2.50. The Bertz CT molecular complexity index is 746. The number of rotatable bonds is 7. The molecule has 0 aliphatic rings. The summed E-state index contributed by atoms with van der Waals surface area (Å²) in [4.78, 5) is 24.3. The van der Waals surface area contributed by atoms with E-state index in [-0.39, 0.29) is 11.8 Å². The van der Waals surface area contributed by atoms with Crippen LogP contribution in [0.25, 0.3) is 0 Å². The second-order valence-electron chi connectivity index (χ2n) is 6.19. The molecule has 25 heavy (non-hydrogen) atoms. The summed E-state index contributed by atoms with van der Waals surface area (Å²) in [6, 6.07) is 12.4. The first-order valence-electron chi connectivity index (χ1n) is 8.44. The molecule has 0 saturated carbocycles. The van der Waals surface area contributed by atoms with Crippen molar-refractivity contribution in [1.29, 1.82) is 0 Å². The zero-order chi connectivity index (χ0) is 18.2. The van der Waals surface area contributed by atoms with Gasteiger partial charge in [-0.3, -0.25) is 9.59 Å². The molecule has 0 aliphatic heterocycles. The van der Waals surface area contributed by atoms with E-state index in [1.54, 1.807) is 30.3 Å². The van der Waals surface area contributed by atoms with E-state index < -0.39 is 5.82 Å². The number of halogens is 1. The van der Waals surface area contributed by atoms with Crippen molar-refractivity contribution >= 4 is 23.2 Å². The van der Waals surface area contributed by atoms with Crippen LogP contribution in [0, 0.1) is 11.7 Å². The highest BCUT2D eigenvalue weighted by Gasteiger charge is 2.11. The van der Waals surface area contributed by atoms with E-state index in [1.807, 2.05) is 6.92 Å². The molecule has 132 valence electrons. The van der Waals surface area contributed by atoms with Gasteiger partial charge in [0.25, 0.3) is 5.91 Å². The normalized spacial score (nSPS) is 11.6. The van der Waals surface area contributed by atoms with Crippen LogP contribution in [0.4, 0.5) is 15.8 Å². The number of hydrogen-bond donors (Lipinski definition) is 2. The third kappa shape index (κ3) is 6.03. The number of hydrogen-bond acceptors (Lipinski definition) is 2. The van der Waals surface area contributed by atoms with Crippen molar-refractivity contribution in [2.45, 2.75) is 33.1 Å². The largest absolute Gasteiger partial charge is 0.326 e. The second-order valence-corrected chi connectivity index (χ2v) is 6.19. The molecule has 0 radical (unpaired) electrons. The van der Waals surface area contributed by atoms with E-state index in [0.29, 0.717) is 29.3 Å². The van der Waals surface area contributed by atoms with Gasteiger partial charge in [0, 0.05) is 23.4 Å². The number of carbonyl (C=O) groups excluding carboxylic acids is 2. The second kappa shape index (κ2) is 8.97. The fourth-order valence-corrected chi connectivity index (χ4v) is 2.63. The summed E-state index contributed by atoms with van der Waals surface area (Å²) in [5.41, 5.74) is 1.34. The van der Waals surface area contributed by atoms with Gasteiger partial charge in [0.15, 0.2) is 0 Å². The highest BCUT2D eigenvalue weighted by Crippen LogP contribution is 2.16. The fourth-order valence-electron chi connectivity index (χ4n) is 2.63. The van der Waals surface area contributed by atoms with Crippen LogP contribution in [0.3, 0.4) is 0 Å². The van der Waals surface area contributed by atoms with Crippen molar-refractivity contribution in [2.75, 3.05) is 10.6 Å². The molecule has 5 heteroatoms. The van der Waals surface area contributed by atoms with Gasteiger partial charge in [-0.05, 0) is 42.3 Å². The van der Waals surface area contributed by atoms with Gasteiger partial charge in [-0.2, -0.15) is 0 Å². The molecule has 0 spiro atoms. The summed E-state index contributed by atoms with van der Waals surface area (Å²) in [6.45, 7) is 4.14. The maximum absolute atomic E-state index is 13.2. The van der Waals surface area contributed by atoms with Crippen LogP contribution in [0.5, 0.6) is 0 Å². The molecule has 2 rings (SSSR count). The smallest absolute Gasteiger partial charge is 0.255 e. The maximum atomic E-state index is 13.2. The Morgan fingerprint density at radius 3 is 2.40 bits per heavy atom. The molecule has 2 aromatic rings. The number of amides is 2. The Hall–Kier alpha value is -2.69. The van der Waals surface area contributed by atoms with Crippen molar-refractivity contribution < 1.29 is 14.0 Å². The average Bonchev–Trinajstić information content (AvgIpc) is 2.55. The average molecular weight is 342 g/mol. The molecule has 0 heterocycles. The molecule has 0 fully saturated rings. The first kappa shape index (κ1) is 18.6. The molecule has 2 amide bonds. The molecule has 0 bridgehead atoms. The Balaban J connectivity index is 2.00. The number of carbonyl (C=O) groups is 2. The molecule has 0 aromatic heterocycles. The summed E-state index contributed by atoms with van der Waals surface area (Å²) < 4.78 is 13.2. The van der Waals surface area contributed by atoms with E-state index in [4.69, 9.17) is 0 Å². The Morgan fingerprint density at radius 1 is 1.04 bits per heavy atom. The molecule has 1 unspecified atom stereocenters. The predicted molar refractivity (Wildman–Crippen MR) is 98.1 cm³/mol. The number of anilines is 2. The fraction of sp³-hybridized carbons (Fsp3) is 0.300. The molecular formula is C20H23FN2O2. The summed E-state index contributed by atoms with van der Waals surface area (Å²) in [5.74, 6) is -0.519. The van der Waals surface area contributed by atoms with Crippen LogP contribution in [0.1, 0.15) is 43.5 Å². The lowest BCUT2D eigenvalue weighted by Crippen LogP contribution is -2.16. The summed E-state index contributed by atoms with van der Waals surface area (Å²) in [7, 11) is 0. The predicted octanol–water partition coefficient (Wildman–Crippen LogP) is 4.84. The lowest BCUT2D eigenvalue weighted by Gasteiger charge is -2.11. The highest BCUT2D eigenvalue weighted by atomic mass is 19.1. The maximum Gasteiger partial charge on any atom is 0.255 e. The number of nitrogens with one attached hydrogen (secondary N) is 2. The van der Waals surface area contributed by atoms with Gasteiger partial charge in [-0.15, -0.1) is 0 Å². The summed E-state index contributed by atoms with van der Waals surface area (Å²) in [5, 5.41) is 5.46. The SMILES string of the molecule is CCCC(C)CC(=O)Nc1cccc(C(=O)Nc2cccc(F)c2)c1. The minimum atomic E-state index is -0.417. The van der Waals surface area contributed by atoms with Gasteiger partial charge < -0.3 is 10.6 Å². The van der Waals surface area contributed by atoms with E-state index in [1.165, 1.54) is 18.2 Å². The van der Waals surface area contributed by atoms with E-state index in [2.05, 4.69) is 17.6 Å². The third-order valence-corrected chi connectivity index (χ3v) is 3.81. The Labute approximate surface area is 147 Å². The van der Waals surface area contributed by atoms with Crippen LogP contribution >= 0.6 is 0 Å². The van der Waals surface area contributed by atoms with Gasteiger partial charge in [0.2, 0.25) is 5.91 Å². The Kier molecular flexibility index (Phi) is 6.69. The number of benzene rings is 2. The first-order valence-corrected chi connectivity index (χ1v) is 8.44. The van der Waals surface area contributed by atoms with Crippen LogP contribution in [-0.4, -0.2) is 11.8 Å². The lowest BCUT2D eigenvalue weighted by atomic mass is 10.0. The van der Waals surface area contributed by atoms with Crippen molar-refractivity contribution in [2.24, 2.45) is 5.92 Å². The van der Waals surface area contributed by atoms with E-state index >= 15 is 0 Å².